The predicted molar refractivity (Wildman–Crippen MR) is 55.8 cm³/mol. The molecule has 0 amide bonds. The van der Waals surface area contributed by atoms with Gasteiger partial charge in [-0.1, -0.05) is 0 Å². The van der Waals surface area contributed by atoms with Gasteiger partial charge in [0.2, 0.25) is 6.79 Å². The lowest BCUT2D eigenvalue weighted by atomic mass is 10.1. The van der Waals surface area contributed by atoms with E-state index in [0.717, 1.165) is 0 Å². The van der Waals surface area contributed by atoms with Crippen LogP contribution in [0, 0.1) is 0 Å². The molecule has 5 nitrogen and oxygen atoms in total. The molecule has 0 radical (unpaired) electrons. The molecule has 0 bridgehead atoms. The first kappa shape index (κ1) is 9.35. The summed E-state index contributed by atoms with van der Waals surface area (Å²) in [4.78, 5) is 11.2. The molecule has 1 aliphatic rings. The Kier molecular flexibility index (Phi) is 1.94. The molecule has 0 fully saturated rings. The number of fused-ring (bicyclic) bond motifs is 2. The first-order valence-electron chi connectivity index (χ1n) is 4.50. The summed E-state index contributed by atoms with van der Waals surface area (Å²) in [5, 5.41) is 7.65. The zero-order valence-corrected chi connectivity index (χ0v) is 8.69. The van der Waals surface area contributed by atoms with E-state index in [0.29, 0.717) is 28.0 Å². The zero-order chi connectivity index (χ0) is 11.1. The van der Waals surface area contributed by atoms with Crippen LogP contribution in [0.1, 0.15) is 10.4 Å². The van der Waals surface area contributed by atoms with E-state index in [2.05, 4.69) is 10.2 Å². The third-order valence-electron chi connectivity index (χ3n) is 2.35. The number of hydrogen-bond acceptors (Lipinski definition) is 5. The predicted octanol–water partition coefficient (Wildman–Crippen LogP) is 1.74. The summed E-state index contributed by atoms with van der Waals surface area (Å²) in [5.41, 5.74) is 0.862. The van der Waals surface area contributed by atoms with Crippen molar-refractivity contribution in [2.45, 2.75) is 0 Å². The van der Waals surface area contributed by atoms with Crippen molar-refractivity contribution >= 4 is 27.7 Å². The molecule has 16 heavy (non-hydrogen) atoms. The van der Waals surface area contributed by atoms with E-state index in [1.54, 1.807) is 12.1 Å². The van der Waals surface area contributed by atoms with E-state index in [1.807, 2.05) is 0 Å². The largest absolute Gasteiger partial charge is 0.454 e. The molecule has 1 aromatic heterocycles. The van der Waals surface area contributed by atoms with Gasteiger partial charge < -0.3 is 9.47 Å². The van der Waals surface area contributed by atoms with Gasteiger partial charge in [0.15, 0.2) is 11.5 Å². The Bertz CT molecular complexity index is 600. The van der Waals surface area contributed by atoms with Gasteiger partial charge in [0.1, 0.15) is 0 Å². The monoisotopic (exact) mass is 236 g/mol. The van der Waals surface area contributed by atoms with Gasteiger partial charge in [0, 0.05) is 11.5 Å². The van der Waals surface area contributed by atoms with Crippen LogP contribution in [0.3, 0.4) is 0 Å². The number of carbonyl (C=O) groups is 1. The smallest absolute Gasteiger partial charge is 0.254 e. The highest BCUT2D eigenvalue weighted by molar-refractivity contribution is 6.68. The summed E-state index contributed by atoms with van der Waals surface area (Å²) >= 11 is 5.45. The average molecular weight is 237 g/mol. The number of hydrogen-bond donors (Lipinski definition) is 0. The SMILES string of the molecule is O=C(Cl)c1cnnc2cc3c(cc12)OCO3. The lowest BCUT2D eigenvalue weighted by molar-refractivity contribution is 0.108. The maximum atomic E-state index is 11.2. The molecule has 0 atom stereocenters. The number of carbonyl (C=O) groups excluding carboxylic acids is 1. The Morgan fingerprint density at radius 1 is 1.31 bits per heavy atom. The molecular formula is C10H5ClN2O3. The van der Waals surface area contributed by atoms with Crippen LogP contribution in [0.25, 0.3) is 10.9 Å². The van der Waals surface area contributed by atoms with Crippen LogP contribution in [-0.4, -0.2) is 22.2 Å². The van der Waals surface area contributed by atoms with Crippen LogP contribution in [-0.2, 0) is 0 Å². The molecule has 0 unspecified atom stereocenters. The third kappa shape index (κ3) is 1.29. The van der Waals surface area contributed by atoms with E-state index in [4.69, 9.17) is 21.1 Å². The summed E-state index contributed by atoms with van der Waals surface area (Å²) in [7, 11) is 0. The minimum Gasteiger partial charge on any atom is -0.454 e. The Labute approximate surface area is 94.9 Å². The van der Waals surface area contributed by atoms with E-state index in [9.17, 15) is 4.79 Å². The molecule has 1 aliphatic heterocycles. The number of rotatable bonds is 1. The van der Waals surface area contributed by atoms with Crippen molar-refractivity contribution in [2.24, 2.45) is 0 Å². The van der Waals surface area contributed by atoms with Crippen LogP contribution in [0.4, 0.5) is 0 Å². The number of halogens is 1. The van der Waals surface area contributed by atoms with E-state index in [1.165, 1.54) is 6.20 Å². The van der Waals surface area contributed by atoms with Crippen molar-refractivity contribution < 1.29 is 14.3 Å². The highest BCUT2D eigenvalue weighted by atomic mass is 35.5. The van der Waals surface area contributed by atoms with Gasteiger partial charge >= 0.3 is 0 Å². The number of benzene rings is 1. The van der Waals surface area contributed by atoms with Crippen LogP contribution < -0.4 is 9.47 Å². The minimum absolute atomic E-state index is 0.170. The minimum atomic E-state index is -0.571. The second kappa shape index (κ2) is 3.31. The lowest BCUT2D eigenvalue weighted by Gasteiger charge is -2.02. The molecule has 2 heterocycles. The fraction of sp³-hybridized carbons (Fsp3) is 0.100. The Balaban J connectivity index is 2.35. The molecule has 6 heteroatoms. The Morgan fingerprint density at radius 2 is 2.06 bits per heavy atom. The van der Waals surface area contributed by atoms with Gasteiger partial charge in [-0.25, -0.2) is 0 Å². The maximum Gasteiger partial charge on any atom is 0.254 e. The van der Waals surface area contributed by atoms with Crippen molar-refractivity contribution in [1.82, 2.24) is 10.2 Å². The van der Waals surface area contributed by atoms with Crippen LogP contribution in [0.15, 0.2) is 18.3 Å². The van der Waals surface area contributed by atoms with Crippen molar-refractivity contribution in [3.05, 3.63) is 23.9 Å². The Hall–Kier alpha value is -1.88. The second-order valence-electron chi connectivity index (χ2n) is 3.25. The van der Waals surface area contributed by atoms with Crippen molar-refractivity contribution in [3.63, 3.8) is 0 Å². The zero-order valence-electron chi connectivity index (χ0n) is 7.94. The molecule has 0 aliphatic carbocycles. The fourth-order valence-electron chi connectivity index (χ4n) is 1.60. The summed E-state index contributed by atoms with van der Waals surface area (Å²) in [6.45, 7) is 0.170. The quantitative estimate of drug-likeness (QED) is 0.706. The topological polar surface area (TPSA) is 61.3 Å². The van der Waals surface area contributed by atoms with Crippen molar-refractivity contribution in [2.75, 3.05) is 6.79 Å². The Morgan fingerprint density at radius 3 is 2.81 bits per heavy atom. The summed E-state index contributed by atoms with van der Waals surface area (Å²) in [5.74, 6) is 1.18. The van der Waals surface area contributed by atoms with Gasteiger partial charge in [0.05, 0.1) is 17.3 Å². The van der Waals surface area contributed by atoms with Crippen LogP contribution in [0.2, 0.25) is 0 Å². The van der Waals surface area contributed by atoms with E-state index < -0.39 is 5.24 Å². The summed E-state index contributed by atoms with van der Waals surface area (Å²) in [6, 6.07) is 3.36. The molecule has 0 N–H and O–H groups in total. The normalized spacial score (nSPS) is 13.1. The first-order valence-corrected chi connectivity index (χ1v) is 4.88. The van der Waals surface area contributed by atoms with Gasteiger partial charge in [0.25, 0.3) is 5.24 Å². The first-order chi connectivity index (χ1) is 7.75. The van der Waals surface area contributed by atoms with Gasteiger partial charge in [-0.15, -0.1) is 0 Å². The van der Waals surface area contributed by atoms with Gasteiger partial charge in [-0.3, -0.25) is 4.79 Å². The molecule has 1 aromatic carbocycles. The average Bonchev–Trinajstić information content (AvgIpc) is 2.71. The van der Waals surface area contributed by atoms with Crippen molar-refractivity contribution in [3.8, 4) is 11.5 Å². The molecule has 80 valence electrons. The number of nitrogens with zero attached hydrogens (tertiary/aromatic N) is 2. The summed E-state index contributed by atoms with van der Waals surface area (Å²) in [6.07, 6.45) is 1.33. The fourth-order valence-corrected chi connectivity index (χ4v) is 1.76. The second-order valence-corrected chi connectivity index (χ2v) is 3.60. The van der Waals surface area contributed by atoms with Crippen molar-refractivity contribution in [1.29, 1.82) is 0 Å². The van der Waals surface area contributed by atoms with E-state index >= 15 is 0 Å². The lowest BCUT2D eigenvalue weighted by Crippen LogP contribution is -1.95. The molecule has 0 saturated heterocycles. The molecular weight excluding hydrogens is 232 g/mol. The molecule has 0 saturated carbocycles. The van der Waals surface area contributed by atoms with Crippen LogP contribution >= 0.6 is 11.6 Å². The molecule has 3 rings (SSSR count). The van der Waals surface area contributed by atoms with Gasteiger partial charge in [-0.05, 0) is 17.7 Å². The third-order valence-corrected chi connectivity index (χ3v) is 2.55. The standard InChI is InChI=1S/C10H5ClN2O3/c11-10(14)6-3-12-13-7-2-9-8(1-5(6)7)15-4-16-9/h1-3H,4H2. The highest BCUT2D eigenvalue weighted by Crippen LogP contribution is 2.36. The van der Waals surface area contributed by atoms with Crippen LogP contribution in [0.5, 0.6) is 11.5 Å². The highest BCUT2D eigenvalue weighted by Gasteiger charge is 2.18. The number of ether oxygens (including phenoxy) is 2. The van der Waals surface area contributed by atoms with Gasteiger partial charge in [-0.2, -0.15) is 10.2 Å². The van der Waals surface area contributed by atoms with E-state index in [-0.39, 0.29) is 6.79 Å². The summed E-state index contributed by atoms with van der Waals surface area (Å²) < 4.78 is 10.4. The maximum absolute atomic E-state index is 11.2. The number of aromatic nitrogens is 2. The molecule has 2 aromatic rings. The molecule has 0 spiro atoms.